The SMILES string of the molecule is COc1cccc(CCNC(=O)C[C@H]2C(=O)NCCN2C2Cc3ccccc3C2)c1. The van der Waals surface area contributed by atoms with Crippen molar-refractivity contribution in [3.05, 3.63) is 65.2 Å². The number of nitrogens with one attached hydrogen (secondary N) is 2. The number of benzene rings is 2. The van der Waals surface area contributed by atoms with Crippen LogP contribution in [0.2, 0.25) is 0 Å². The largest absolute Gasteiger partial charge is 0.497 e. The highest BCUT2D eigenvalue weighted by atomic mass is 16.5. The van der Waals surface area contributed by atoms with Gasteiger partial charge in [-0.05, 0) is 48.1 Å². The molecule has 30 heavy (non-hydrogen) atoms. The van der Waals surface area contributed by atoms with E-state index < -0.39 is 6.04 Å². The third kappa shape index (κ3) is 4.65. The molecule has 1 atom stereocenters. The Morgan fingerprint density at radius 3 is 2.67 bits per heavy atom. The maximum Gasteiger partial charge on any atom is 0.237 e. The molecule has 2 aromatic carbocycles. The Hall–Kier alpha value is -2.86. The van der Waals surface area contributed by atoms with Crippen molar-refractivity contribution in [2.75, 3.05) is 26.7 Å². The summed E-state index contributed by atoms with van der Waals surface area (Å²) in [7, 11) is 1.64. The summed E-state index contributed by atoms with van der Waals surface area (Å²) < 4.78 is 5.24. The lowest BCUT2D eigenvalue weighted by molar-refractivity contribution is -0.135. The Bertz CT molecular complexity index is 889. The van der Waals surface area contributed by atoms with Crippen molar-refractivity contribution >= 4 is 11.8 Å². The molecule has 1 heterocycles. The van der Waals surface area contributed by atoms with E-state index in [1.165, 1.54) is 11.1 Å². The minimum atomic E-state index is -0.408. The minimum absolute atomic E-state index is 0.0415. The summed E-state index contributed by atoms with van der Waals surface area (Å²) in [6.07, 6.45) is 2.80. The van der Waals surface area contributed by atoms with Crippen LogP contribution in [-0.4, -0.2) is 55.5 Å². The smallest absolute Gasteiger partial charge is 0.237 e. The number of methoxy groups -OCH3 is 1. The minimum Gasteiger partial charge on any atom is -0.497 e. The molecular formula is C24H29N3O3. The first-order valence-corrected chi connectivity index (χ1v) is 10.6. The van der Waals surface area contributed by atoms with Crippen LogP contribution in [-0.2, 0) is 28.9 Å². The molecule has 2 aliphatic rings. The maximum absolute atomic E-state index is 12.6. The van der Waals surface area contributed by atoms with Crippen molar-refractivity contribution in [3.63, 3.8) is 0 Å². The second-order valence-electron chi connectivity index (χ2n) is 8.03. The van der Waals surface area contributed by atoms with Gasteiger partial charge < -0.3 is 15.4 Å². The van der Waals surface area contributed by atoms with Gasteiger partial charge in [-0.1, -0.05) is 36.4 Å². The van der Waals surface area contributed by atoms with Crippen molar-refractivity contribution in [2.24, 2.45) is 0 Å². The zero-order valence-corrected chi connectivity index (χ0v) is 17.4. The van der Waals surface area contributed by atoms with Crippen molar-refractivity contribution in [2.45, 2.75) is 37.8 Å². The van der Waals surface area contributed by atoms with Gasteiger partial charge in [-0.25, -0.2) is 0 Å². The zero-order chi connectivity index (χ0) is 20.9. The number of carbonyl (C=O) groups is 2. The van der Waals surface area contributed by atoms with Crippen LogP contribution in [0.25, 0.3) is 0 Å². The number of ether oxygens (including phenoxy) is 1. The van der Waals surface area contributed by atoms with Gasteiger partial charge in [-0.15, -0.1) is 0 Å². The monoisotopic (exact) mass is 407 g/mol. The molecular weight excluding hydrogens is 378 g/mol. The summed E-state index contributed by atoms with van der Waals surface area (Å²) >= 11 is 0. The van der Waals surface area contributed by atoms with E-state index in [4.69, 9.17) is 4.74 Å². The van der Waals surface area contributed by atoms with Gasteiger partial charge in [0, 0.05) is 25.7 Å². The maximum atomic E-state index is 12.6. The van der Waals surface area contributed by atoms with Crippen molar-refractivity contribution in [1.29, 1.82) is 0 Å². The molecule has 2 N–H and O–H groups in total. The number of hydrogen-bond donors (Lipinski definition) is 2. The summed E-state index contributed by atoms with van der Waals surface area (Å²) in [5.41, 5.74) is 3.82. The predicted octanol–water partition coefficient (Wildman–Crippen LogP) is 1.71. The second kappa shape index (κ2) is 9.30. The fraction of sp³-hybridized carbons (Fsp3) is 0.417. The molecule has 1 aliphatic heterocycles. The molecule has 4 rings (SSSR count). The number of amides is 2. The van der Waals surface area contributed by atoms with E-state index in [1.54, 1.807) is 7.11 Å². The molecule has 0 spiro atoms. The van der Waals surface area contributed by atoms with Crippen LogP contribution in [0.1, 0.15) is 23.1 Å². The number of hydrogen-bond acceptors (Lipinski definition) is 4. The fourth-order valence-corrected chi connectivity index (χ4v) is 4.57. The number of carbonyl (C=O) groups excluding carboxylic acids is 2. The lowest BCUT2D eigenvalue weighted by Gasteiger charge is -2.38. The summed E-state index contributed by atoms with van der Waals surface area (Å²) in [4.78, 5) is 27.4. The second-order valence-corrected chi connectivity index (χ2v) is 8.03. The van der Waals surface area contributed by atoms with Gasteiger partial charge in [0.05, 0.1) is 19.6 Å². The molecule has 0 unspecified atom stereocenters. The Balaban J connectivity index is 1.33. The molecule has 6 nitrogen and oxygen atoms in total. The van der Waals surface area contributed by atoms with E-state index >= 15 is 0 Å². The van der Waals surface area contributed by atoms with Crippen LogP contribution in [0.4, 0.5) is 0 Å². The standard InChI is InChI=1S/C24H29N3O3/c1-30-21-8-4-5-17(13-21)9-10-25-23(28)16-22-24(29)26-11-12-27(22)20-14-18-6-2-3-7-19(18)15-20/h2-8,13,20,22H,9-12,14-16H2,1H3,(H,25,28)(H,26,29)/t22-/m0/s1. The average Bonchev–Trinajstić information content (AvgIpc) is 3.19. The Morgan fingerprint density at radius 1 is 1.17 bits per heavy atom. The quantitative estimate of drug-likeness (QED) is 0.733. The van der Waals surface area contributed by atoms with E-state index in [1.807, 2.05) is 24.3 Å². The van der Waals surface area contributed by atoms with E-state index in [2.05, 4.69) is 39.8 Å². The molecule has 0 saturated carbocycles. The van der Waals surface area contributed by atoms with Gasteiger partial charge in [0.25, 0.3) is 0 Å². The fourth-order valence-electron chi connectivity index (χ4n) is 4.57. The molecule has 158 valence electrons. The third-order valence-corrected chi connectivity index (χ3v) is 6.12. The summed E-state index contributed by atoms with van der Waals surface area (Å²) in [5, 5.41) is 5.91. The Labute approximate surface area is 177 Å². The van der Waals surface area contributed by atoms with Gasteiger partial charge >= 0.3 is 0 Å². The lowest BCUT2D eigenvalue weighted by Crippen LogP contribution is -2.59. The molecule has 6 heteroatoms. The molecule has 0 bridgehead atoms. The van der Waals surface area contributed by atoms with Crippen molar-refractivity contribution in [1.82, 2.24) is 15.5 Å². The third-order valence-electron chi connectivity index (χ3n) is 6.12. The first-order chi connectivity index (χ1) is 14.6. The predicted molar refractivity (Wildman–Crippen MR) is 115 cm³/mol. The number of piperazine rings is 1. The van der Waals surface area contributed by atoms with Gasteiger partial charge in [0.2, 0.25) is 11.8 Å². The molecule has 0 aromatic heterocycles. The highest BCUT2D eigenvalue weighted by molar-refractivity contribution is 5.88. The van der Waals surface area contributed by atoms with Crippen molar-refractivity contribution < 1.29 is 14.3 Å². The number of nitrogens with zero attached hydrogens (tertiary/aromatic N) is 1. The Kier molecular flexibility index (Phi) is 6.33. The Morgan fingerprint density at radius 2 is 1.93 bits per heavy atom. The molecule has 1 aliphatic carbocycles. The van der Waals surface area contributed by atoms with Gasteiger partial charge in [-0.2, -0.15) is 0 Å². The van der Waals surface area contributed by atoms with Crippen molar-refractivity contribution in [3.8, 4) is 5.75 Å². The van der Waals surface area contributed by atoms with Crippen LogP contribution in [0.15, 0.2) is 48.5 Å². The van der Waals surface area contributed by atoms with Crippen LogP contribution in [0, 0.1) is 0 Å². The number of rotatable bonds is 7. The van der Waals surface area contributed by atoms with E-state index in [9.17, 15) is 9.59 Å². The topological polar surface area (TPSA) is 70.7 Å². The van der Waals surface area contributed by atoms with Gasteiger partial charge in [0.1, 0.15) is 5.75 Å². The molecule has 1 fully saturated rings. The van der Waals surface area contributed by atoms with Crippen LogP contribution in [0.3, 0.4) is 0 Å². The summed E-state index contributed by atoms with van der Waals surface area (Å²) in [6.45, 7) is 1.96. The lowest BCUT2D eigenvalue weighted by atomic mass is 10.0. The van der Waals surface area contributed by atoms with E-state index in [-0.39, 0.29) is 24.3 Å². The highest BCUT2D eigenvalue weighted by Gasteiger charge is 2.37. The average molecular weight is 408 g/mol. The van der Waals surface area contributed by atoms with E-state index in [0.29, 0.717) is 13.1 Å². The number of fused-ring (bicyclic) bond motifs is 1. The summed E-state index contributed by atoms with van der Waals surface area (Å²) in [5.74, 6) is 0.687. The summed E-state index contributed by atoms with van der Waals surface area (Å²) in [6, 6.07) is 16.2. The van der Waals surface area contributed by atoms with Gasteiger partial charge in [-0.3, -0.25) is 14.5 Å². The molecule has 0 radical (unpaired) electrons. The van der Waals surface area contributed by atoms with Crippen LogP contribution >= 0.6 is 0 Å². The normalized spacial score (nSPS) is 19.2. The molecule has 2 amide bonds. The molecule has 2 aromatic rings. The van der Waals surface area contributed by atoms with Gasteiger partial charge in [0.15, 0.2) is 0 Å². The van der Waals surface area contributed by atoms with Crippen LogP contribution in [0.5, 0.6) is 5.75 Å². The van der Waals surface area contributed by atoms with E-state index in [0.717, 1.165) is 37.1 Å². The first-order valence-electron chi connectivity index (χ1n) is 10.6. The molecule has 1 saturated heterocycles. The highest BCUT2D eigenvalue weighted by Crippen LogP contribution is 2.28. The zero-order valence-electron chi connectivity index (χ0n) is 17.4. The van der Waals surface area contributed by atoms with Crippen LogP contribution < -0.4 is 15.4 Å². The first kappa shape index (κ1) is 20.4.